The normalized spacial score (nSPS) is 26.2. The molecule has 2 aliphatic rings. The fourth-order valence-corrected chi connectivity index (χ4v) is 2.93. The Hall–Kier alpha value is -3.14. The van der Waals surface area contributed by atoms with Gasteiger partial charge in [0.05, 0.1) is 12.7 Å². The number of carboxylic acid groups (broad SMARTS) is 1. The van der Waals surface area contributed by atoms with E-state index in [1.54, 1.807) is 19.2 Å². The van der Waals surface area contributed by atoms with Gasteiger partial charge in [-0.3, -0.25) is 4.79 Å². The van der Waals surface area contributed by atoms with Crippen molar-refractivity contribution in [3.8, 4) is 0 Å². The number of rotatable bonds is 7. The molecule has 0 aromatic carbocycles. The number of nitrogens with zero attached hydrogens (tertiary/aromatic N) is 1. The lowest BCUT2D eigenvalue weighted by Crippen LogP contribution is -2.40. The summed E-state index contributed by atoms with van der Waals surface area (Å²) in [6.07, 6.45) is 4.75. The van der Waals surface area contributed by atoms with E-state index in [1.165, 1.54) is 25.1 Å². The number of carbonyl (C=O) groups excluding carboxylic acids is 3. The second-order valence-corrected chi connectivity index (χ2v) is 6.48. The lowest BCUT2D eigenvalue weighted by atomic mass is 10.00. The lowest BCUT2D eigenvalue weighted by Gasteiger charge is -2.30. The van der Waals surface area contributed by atoms with E-state index in [0.29, 0.717) is 0 Å². The van der Waals surface area contributed by atoms with Crippen LogP contribution < -0.4 is 0 Å². The minimum absolute atomic E-state index is 0.146. The van der Waals surface area contributed by atoms with Gasteiger partial charge in [-0.2, -0.15) is 0 Å². The number of esters is 3. The minimum Gasteiger partial charge on any atom is -0.478 e. The van der Waals surface area contributed by atoms with Gasteiger partial charge < -0.3 is 29.0 Å². The van der Waals surface area contributed by atoms with Gasteiger partial charge in [0, 0.05) is 43.8 Å². The van der Waals surface area contributed by atoms with Crippen LogP contribution in [0.5, 0.6) is 0 Å². The number of hydrogen-bond acceptors (Lipinski definition) is 9. The van der Waals surface area contributed by atoms with Crippen molar-refractivity contribution in [2.45, 2.75) is 38.7 Å². The van der Waals surface area contributed by atoms with E-state index in [4.69, 9.17) is 14.2 Å². The summed E-state index contributed by atoms with van der Waals surface area (Å²) >= 11 is 0. The molecule has 0 radical (unpaired) electrons. The molecule has 0 bridgehead atoms. The van der Waals surface area contributed by atoms with E-state index in [0.717, 1.165) is 12.2 Å². The second-order valence-electron chi connectivity index (χ2n) is 6.48. The first-order valence-electron chi connectivity index (χ1n) is 8.86. The fraction of sp³-hybridized carbons (Fsp3) is 0.474. The monoisotopic (exact) mass is 409 g/mol. The summed E-state index contributed by atoms with van der Waals surface area (Å²) in [4.78, 5) is 47.1. The number of methoxy groups -OCH3 is 1. The molecule has 0 aromatic heterocycles. The molecule has 0 amide bonds. The van der Waals surface area contributed by atoms with Crippen molar-refractivity contribution >= 4 is 23.9 Å². The maximum Gasteiger partial charge on any atom is 0.333 e. The number of carbonyl (C=O) groups is 4. The molecule has 2 aliphatic heterocycles. The standard InChI is InChI=1S/C19H23NO9/c1-11-14(10-27-16(23)7-6-15(22)26-3)29-18(17(11)28-12(2)21)20-8-4-5-13(9-20)19(24)25/h4,6-9,11,14,17-18H,5,10H2,1-3H3,(H,24,25)/b7-6+/t11-,14-,17-,18-/m1/s1. The first-order chi connectivity index (χ1) is 13.7. The molecule has 0 unspecified atom stereocenters. The fourth-order valence-electron chi connectivity index (χ4n) is 2.93. The van der Waals surface area contributed by atoms with Crippen molar-refractivity contribution in [1.29, 1.82) is 0 Å². The average molecular weight is 409 g/mol. The van der Waals surface area contributed by atoms with Crippen LogP contribution >= 0.6 is 0 Å². The quantitative estimate of drug-likeness (QED) is 0.365. The summed E-state index contributed by atoms with van der Waals surface area (Å²) in [6.45, 7) is 2.89. The molecule has 29 heavy (non-hydrogen) atoms. The molecule has 10 heteroatoms. The zero-order valence-electron chi connectivity index (χ0n) is 16.3. The summed E-state index contributed by atoms with van der Waals surface area (Å²) in [5.41, 5.74) is 0.160. The van der Waals surface area contributed by atoms with Crippen LogP contribution in [0.3, 0.4) is 0 Å². The van der Waals surface area contributed by atoms with Gasteiger partial charge in [0.15, 0.2) is 12.3 Å². The summed E-state index contributed by atoms with van der Waals surface area (Å²) in [5.74, 6) is -3.38. The third-order valence-electron chi connectivity index (χ3n) is 4.44. The van der Waals surface area contributed by atoms with E-state index < -0.39 is 42.3 Å². The average Bonchev–Trinajstić information content (AvgIpc) is 2.99. The summed E-state index contributed by atoms with van der Waals surface area (Å²) in [7, 11) is 1.18. The first kappa shape index (κ1) is 22.2. The number of hydrogen-bond donors (Lipinski definition) is 1. The molecule has 1 N–H and O–H groups in total. The molecule has 0 aliphatic carbocycles. The van der Waals surface area contributed by atoms with Crippen LogP contribution in [0.25, 0.3) is 0 Å². The van der Waals surface area contributed by atoms with E-state index >= 15 is 0 Å². The Balaban J connectivity index is 2.09. The molecular weight excluding hydrogens is 386 g/mol. The highest BCUT2D eigenvalue weighted by molar-refractivity contribution is 5.91. The van der Waals surface area contributed by atoms with Gasteiger partial charge in [0.1, 0.15) is 12.7 Å². The van der Waals surface area contributed by atoms with Gasteiger partial charge in [-0.25, -0.2) is 14.4 Å². The van der Waals surface area contributed by atoms with Crippen molar-refractivity contribution in [2.75, 3.05) is 13.7 Å². The molecule has 0 saturated carbocycles. The van der Waals surface area contributed by atoms with Gasteiger partial charge in [-0.05, 0) is 0 Å². The van der Waals surface area contributed by atoms with E-state index in [9.17, 15) is 24.3 Å². The van der Waals surface area contributed by atoms with Gasteiger partial charge in [0.25, 0.3) is 0 Å². The molecule has 4 atom stereocenters. The highest BCUT2D eigenvalue weighted by atomic mass is 16.6. The molecule has 0 aromatic rings. The number of aliphatic carboxylic acids is 1. The van der Waals surface area contributed by atoms with Crippen LogP contribution in [0.4, 0.5) is 0 Å². The van der Waals surface area contributed by atoms with Crippen molar-refractivity contribution < 1.29 is 43.2 Å². The van der Waals surface area contributed by atoms with Crippen LogP contribution in [-0.4, -0.2) is 66.0 Å². The Bertz CT molecular complexity index is 755. The second kappa shape index (κ2) is 9.87. The smallest absolute Gasteiger partial charge is 0.333 e. The van der Waals surface area contributed by atoms with Crippen LogP contribution in [-0.2, 0) is 38.1 Å². The Kier molecular flexibility index (Phi) is 7.54. The molecule has 1 fully saturated rings. The maximum absolute atomic E-state index is 11.7. The Morgan fingerprint density at radius 1 is 1.28 bits per heavy atom. The van der Waals surface area contributed by atoms with Gasteiger partial charge in [0.2, 0.25) is 0 Å². The van der Waals surface area contributed by atoms with Crippen molar-refractivity contribution in [2.24, 2.45) is 5.92 Å². The Morgan fingerprint density at radius 3 is 2.59 bits per heavy atom. The maximum atomic E-state index is 11.7. The SMILES string of the molecule is COC(=O)/C=C/C(=O)OC[C@H]1O[C@@H](N2C=CCC(C(=O)O)=C2)[C@H](OC(C)=O)[C@@H]1C. The Morgan fingerprint density at radius 2 is 1.97 bits per heavy atom. The molecule has 2 rings (SSSR count). The molecule has 1 saturated heterocycles. The van der Waals surface area contributed by atoms with Crippen LogP contribution in [0.1, 0.15) is 20.3 Å². The number of ether oxygens (including phenoxy) is 4. The zero-order chi connectivity index (χ0) is 21.6. The number of carboxylic acids is 1. The number of allylic oxidation sites excluding steroid dienone is 1. The van der Waals surface area contributed by atoms with Gasteiger partial charge in [-0.15, -0.1) is 0 Å². The van der Waals surface area contributed by atoms with Gasteiger partial charge in [-0.1, -0.05) is 13.0 Å². The van der Waals surface area contributed by atoms with Crippen LogP contribution in [0, 0.1) is 5.92 Å². The van der Waals surface area contributed by atoms with Crippen molar-refractivity contribution in [3.63, 3.8) is 0 Å². The molecule has 2 heterocycles. The van der Waals surface area contributed by atoms with E-state index in [1.807, 2.05) is 0 Å². The van der Waals surface area contributed by atoms with E-state index in [2.05, 4.69) is 4.74 Å². The zero-order valence-corrected chi connectivity index (χ0v) is 16.3. The first-order valence-corrected chi connectivity index (χ1v) is 8.86. The van der Waals surface area contributed by atoms with Crippen LogP contribution in [0.15, 0.2) is 36.2 Å². The van der Waals surface area contributed by atoms with Gasteiger partial charge >= 0.3 is 23.9 Å². The summed E-state index contributed by atoms with van der Waals surface area (Å²) < 4.78 is 20.8. The highest BCUT2D eigenvalue weighted by Crippen LogP contribution is 2.33. The molecule has 158 valence electrons. The van der Waals surface area contributed by atoms with E-state index in [-0.39, 0.29) is 24.5 Å². The predicted octanol–water partition coefficient (Wildman–Crippen LogP) is 0.739. The topological polar surface area (TPSA) is 129 Å². The summed E-state index contributed by atoms with van der Waals surface area (Å²) in [5, 5.41) is 9.22. The van der Waals surface area contributed by atoms with Crippen molar-refractivity contribution in [1.82, 2.24) is 4.90 Å². The lowest BCUT2D eigenvalue weighted by molar-refractivity contribution is -0.155. The Labute approximate surface area is 167 Å². The summed E-state index contributed by atoms with van der Waals surface area (Å²) in [6, 6.07) is 0. The molecular formula is C19H23NO9. The molecule has 0 spiro atoms. The minimum atomic E-state index is -1.06. The third-order valence-corrected chi connectivity index (χ3v) is 4.44. The van der Waals surface area contributed by atoms with Crippen molar-refractivity contribution in [3.05, 3.63) is 36.2 Å². The predicted molar refractivity (Wildman–Crippen MR) is 96.8 cm³/mol. The largest absolute Gasteiger partial charge is 0.478 e. The molecule has 10 nitrogen and oxygen atoms in total. The third kappa shape index (κ3) is 5.92. The van der Waals surface area contributed by atoms with Crippen LogP contribution in [0.2, 0.25) is 0 Å². The highest BCUT2D eigenvalue weighted by Gasteiger charge is 2.47.